The molecule has 0 aliphatic rings. The van der Waals surface area contributed by atoms with Crippen LogP contribution < -0.4 is 4.74 Å². The van der Waals surface area contributed by atoms with E-state index in [2.05, 4.69) is 4.98 Å². The minimum atomic E-state index is -0.680. The van der Waals surface area contributed by atoms with Crippen LogP contribution in [0.5, 0.6) is 5.75 Å². The van der Waals surface area contributed by atoms with Gasteiger partial charge < -0.3 is 4.74 Å². The maximum atomic E-state index is 13.5. The zero-order valence-corrected chi connectivity index (χ0v) is 10.4. The highest BCUT2D eigenvalue weighted by molar-refractivity contribution is 6.35. The summed E-state index contributed by atoms with van der Waals surface area (Å²) in [6.07, 6.45) is 1.35. The van der Waals surface area contributed by atoms with E-state index >= 15 is 0 Å². The van der Waals surface area contributed by atoms with E-state index in [9.17, 15) is 4.39 Å². The van der Waals surface area contributed by atoms with Crippen molar-refractivity contribution in [2.45, 2.75) is 0 Å². The van der Waals surface area contributed by atoms with Crippen LogP contribution in [-0.4, -0.2) is 12.1 Å². The fourth-order valence-corrected chi connectivity index (χ4v) is 1.92. The van der Waals surface area contributed by atoms with Gasteiger partial charge in [-0.05, 0) is 24.3 Å². The molecule has 1 heterocycles. The lowest BCUT2D eigenvalue weighted by atomic mass is 10.1. The molecule has 0 N–H and O–H groups in total. The molecule has 88 valence electrons. The second-order valence-corrected chi connectivity index (χ2v) is 4.15. The van der Waals surface area contributed by atoms with Gasteiger partial charge in [0.05, 0.1) is 7.11 Å². The van der Waals surface area contributed by atoms with Gasteiger partial charge in [-0.1, -0.05) is 23.2 Å². The number of benzene rings is 1. The highest BCUT2D eigenvalue weighted by Gasteiger charge is 2.14. The van der Waals surface area contributed by atoms with E-state index < -0.39 is 5.95 Å². The van der Waals surface area contributed by atoms with Gasteiger partial charge in [-0.3, -0.25) is 0 Å². The van der Waals surface area contributed by atoms with Crippen LogP contribution in [0.25, 0.3) is 11.1 Å². The number of nitrogens with zero attached hydrogens (tertiary/aromatic N) is 1. The Morgan fingerprint density at radius 1 is 1.18 bits per heavy atom. The van der Waals surface area contributed by atoms with E-state index in [1.807, 2.05) is 0 Å². The number of methoxy groups -OCH3 is 1. The summed E-state index contributed by atoms with van der Waals surface area (Å²) in [5.41, 5.74) is 1.13. The summed E-state index contributed by atoms with van der Waals surface area (Å²) in [6.45, 7) is 0. The van der Waals surface area contributed by atoms with Crippen molar-refractivity contribution in [3.8, 4) is 16.9 Å². The van der Waals surface area contributed by atoms with Crippen LogP contribution in [0.4, 0.5) is 4.39 Å². The van der Waals surface area contributed by atoms with Crippen molar-refractivity contribution >= 4 is 23.2 Å². The predicted molar refractivity (Wildman–Crippen MR) is 66.2 cm³/mol. The SMILES string of the molecule is COc1c(-c2cc(Cl)ccc2Cl)ccnc1F. The summed E-state index contributed by atoms with van der Waals surface area (Å²) < 4.78 is 18.4. The molecule has 2 rings (SSSR count). The lowest BCUT2D eigenvalue weighted by molar-refractivity contribution is 0.379. The highest BCUT2D eigenvalue weighted by atomic mass is 35.5. The maximum absolute atomic E-state index is 13.5. The average molecular weight is 272 g/mol. The Kier molecular flexibility index (Phi) is 3.50. The third-order valence-corrected chi connectivity index (χ3v) is 2.85. The van der Waals surface area contributed by atoms with Crippen LogP contribution in [0.2, 0.25) is 10.0 Å². The quantitative estimate of drug-likeness (QED) is 0.764. The van der Waals surface area contributed by atoms with Crippen LogP contribution in [0.1, 0.15) is 0 Å². The summed E-state index contributed by atoms with van der Waals surface area (Å²) in [5.74, 6) is -0.627. The maximum Gasteiger partial charge on any atom is 0.255 e. The molecule has 0 atom stereocenters. The van der Waals surface area contributed by atoms with Gasteiger partial charge in [0.25, 0.3) is 5.95 Å². The Labute approximate surface area is 108 Å². The molecule has 1 aromatic carbocycles. The molecule has 0 fully saturated rings. The van der Waals surface area contributed by atoms with Gasteiger partial charge in [-0.15, -0.1) is 0 Å². The summed E-state index contributed by atoms with van der Waals surface area (Å²) >= 11 is 11.9. The second-order valence-electron chi connectivity index (χ2n) is 3.31. The van der Waals surface area contributed by atoms with Crippen molar-refractivity contribution in [2.75, 3.05) is 7.11 Å². The van der Waals surface area contributed by atoms with Crippen LogP contribution in [0.3, 0.4) is 0 Å². The van der Waals surface area contributed by atoms with Crippen LogP contribution in [0, 0.1) is 5.95 Å². The van der Waals surface area contributed by atoms with Gasteiger partial charge in [0.2, 0.25) is 0 Å². The fourth-order valence-electron chi connectivity index (χ4n) is 1.53. The first-order chi connectivity index (χ1) is 8.13. The van der Waals surface area contributed by atoms with Crippen molar-refractivity contribution in [1.29, 1.82) is 0 Å². The van der Waals surface area contributed by atoms with Crippen molar-refractivity contribution in [1.82, 2.24) is 4.98 Å². The highest BCUT2D eigenvalue weighted by Crippen LogP contribution is 2.36. The third kappa shape index (κ3) is 2.35. The topological polar surface area (TPSA) is 22.1 Å². The van der Waals surface area contributed by atoms with Crippen LogP contribution in [0.15, 0.2) is 30.5 Å². The Hall–Kier alpha value is -1.32. The lowest BCUT2D eigenvalue weighted by Gasteiger charge is -2.10. The van der Waals surface area contributed by atoms with E-state index in [1.165, 1.54) is 13.3 Å². The van der Waals surface area contributed by atoms with Gasteiger partial charge in [0.1, 0.15) is 0 Å². The van der Waals surface area contributed by atoms with E-state index in [0.717, 1.165) is 0 Å². The smallest absolute Gasteiger partial charge is 0.255 e. The molecule has 0 amide bonds. The molecular weight excluding hydrogens is 264 g/mol. The summed E-state index contributed by atoms with van der Waals surface area (Å²) in [7, 11) is 1.38. The molecule has 0 aliphatic heterocycles. The van der Waals surface area contributed by atoms with Gasteiger partial charge in [-0.2, -0.15) is 4.39 Å². The van der Waals surface area contributed by atoms with Gasteiger partial charge in [0, 0.05) is 27.4 Å². The minimum Gasteiger partial charge on any atom is -0.491 e. The molecule has 5 heteroatoms. The Balaban J connectivity index is 2.68. The van der Waals surface area contributed by atoms with Crippen molar-refractivity contribution in [3.05, 3.63) is 46.5 Å². The molecule has 0 bridgehead atoms. The summed E-state index contributed by atoms with van der Waals surface area (Å²) in [5, 5.41) is 0.988. The first-order valence-electron chi connectivity index (χ1n) is 4.77. The van der Waals surface area contributed by atoms with E-state index in [1.54, 1.807) is 24.3 Å². The van der Waals surface area contributed by atoms with Crippen LogP contribution >= 0.6 is 23.2 Å². The first kappa shape index (κ1) is 12.1. The summed E-state index contributed by atoms with van der Waals surface area (Å²) in [6, 6.07) is 6.59. The second kappa shape index (κ2) is 4.90. The molecule has 1 aromatic heterocycles. The number of pyridine rings is 1. The zero-order chi connectivity index (χ0) is 12.4. The number of rotatable bonds is 2. The number of ether oxygens (including phenoxy) is 1. The van der Waals surface area contributed by atoms with Crippen molar-refractivity contribution < 1.29 is 9.13 Å². The largest absolute Gasteiger partial charge is 0.491 e. The normalized spacial score (nSPS) is 10.4. The summed E-state index contributed by atoms with van der Waals surface area (Å²) in [4.78, 5) is 3.52. The molecule has 2 nitrogen and oxygen atoms in total. The van der Waals surface area contributed by atoms with Gasteiger partial charge in [-0.25, -0.2) is 4.98 Å². The predicted octanol–water partition coefficient (Wildman–Crippen LogP) is 4.20. The van der Waals surface area contributed by atoms with Crippen LogP contribution in [-0.2, 0) is 0 Å². The third-order valence-electron chi connectivity index (χ3n) is 2.28. The monoisotopic (exact) mass is 271 g/mol. The molecule has 0 saturated carbocycles. The van der Waals surface area contributed by atoms with Gasteiger partial charge >= 0.3 is 0 Å². The zero-order valence-electron chi connectivity index (χ0n) is 8.88. The number of halogens is 3. The molecule has 0 saturated heterocycles. The number of aromatic nitrogens is 1. The van der Waals surface area contributed by atoms with E-state index in [-0.39, 0.29) is 5.75 Å². The Morgan fingerprint density at radius 3 is 2.65 bits per heavy atom. The standard InChI is InChI=1S/C12H8Cl2FNO/c1-17-11-8(4-5-16-12(11)15)9-6-7(13)2-3-10(9)14/h2-6H,1H3. The van der Waals surface area contributed by atoms with E-state index in [0.29, 0.717) is 21.2 Å². The number of hydrogen-bond donors (Lipinski definition) is 0. The minimum absolute atomic E-state index is 0.0525. The molecule has 0 radical (unpaired) electrons. The lowest BCUT2D eigenvalue weighted by Crippen LogP contribution is -1.94. The molecule has 17 heavy (non-hydrogen) atoms. The Morgan fingerprint density at radius 2 is 1.94 bits per heavy atom. The fraction of sp³-hybridized carbons (Fsp3) is 0.0833. The van der Waals surface area contributed by atoms with E-state index in [4.69, 9.17) is 27.9 Å². The number of hydrogen-bond acceptors (Lipinski definition) is 2. The Bertz CT molecular complexity index is 560. The first-order valence-corrected chi connectivity index (χ1v) is 5.53. The molecular formula is C12H8Cl2FNO. The molecule has 0 unspecified atom stereocenters. The average Bonchev–Trinajstić information content (AvgIpc) is 2.32. The van der Waals surface area contributed by atoms with Gasteiger partial charge in [0.15, 0.2) is 5.75 Å². The molecule has 2 aromatic rings. The van der Waals surface area contributed by atoms with Crippen molar-refractivity contribution in [2.24, 2.45) is 0 Å². The molecule has 0 spiro atoms. The molecule has 0 aliphatic carbocycles. The van der Waals surface area contributed by atoms with Crippen molar-refractivity contribution in [3.63, 3.8) is 0 Å².